The largest absolute Gasteiger partial charge is 0.493 e. The Bertz CT molecular complexity index is 1790. The van der Waals surface area contributed by atoms with Gasteiger partial charge in [0.2, 0.25) is 0 Å². The number of aliphatic carboxylic acids is 1. The highest BCUT2D eigenvalue weighted by Crippen LogP contribution is 2.58. The quantitative estimate of drug-likeness (QED) is 0.206. The number of rotatable bonds is 11. The molecule has 3 aromatic rings. The number of methoxy groups -OCH3 is 1. The van der Waals surface area contributed by atoms with Gasteiger partial charge in [-0.05, 0) is 128 Å². The summed E-state index contributed by atoms with van der Waals surface area (Å²) >= 11 is 6.31. The topological polar surface area (TPSA) is 102 Å². The zero-order valence-electron chi connectivity index (χ0n) is 30.7. The Morgan fingerprint density at radius 1 is 1.15 bits per heavy atom. The van der Waals surface area contributed by atoms with Gasteiger partial charge in [-0.15, -0.1) is 0 Å². The molecule has 1 aromatic heterocycles. The van der Waals surface area contributed by atoms with Gasteiger partial charge in [-0.25, -0.2) is 4.79 Å². The Kier molecular flexibility index (Phi) is 9.81. The highest BCUT2D eigenvalue weighted by atomic mass is 35.5. The fraction of sp³-hybridized carbons (Fsp3) is 0.571. The van der Waals surface area contributed by atoms with Crippen LogP contribution in [0.4, 0.5) is 5.69 Å². The standard InChI is InChI=1S/C42H52ClN3O6/c1-26(24-50-36-10-15-44-35-9-4-6-27(2)39(35)36)16-29-17-28-18-37-38(52-33(25-51-37)23-46-21-32(22-46)49-3)20-34(28)41(29)11-13-42(14-12-41,40(47)48)45-31-8-5-7-30(43)19-31/h5,7-8,10,15,18-20,26-27,29,32-33,45H,4,6,9,11-14,16-17,21-25H2,1-3H3,(H,47,48)/t26-,27-,29+,33-,41?,42?/m1/s1. The lowest BCUT2D eigenvalue weighted by Crippen LogP contribution is -2.55. The van der Waals surface area contributed by atoms with Crippen LogP contribution in [0, 0.1) is 11.8 Å². The van der Waals surface area contributed by atoms with E-state index in [0.29, 0.717) is 54.9 Å². The van der Waals surface area contributed by atoms with Crippen LogP contribution in [-0.4, -0.2) is 78.7 Å². The molecule has 2 aromatic carbocycles. The molecule has 9 nitrogen and oxygen atoms in total. The van der Waals surface area contributed by atoms with Crippen molar-refractivity contribution in [2.45, 2.75) is 101 Å². The number of nitrogens with zero attached hydrogens (tertiary/aromatic N) is 2. The number of ether oxygens (including phenoxy) is 4. The summed E-state index contributed by atoms with van der Waals surface area (Å²) in [5.74, 6) is 2.87. The van der Waals surface area contributed by atoms with E-state index in [9.17, 15) is 9.90 Å². The zero-order chi connectivity index (χ0) is 36.0. The maximum atomic E-state index is 13.0. The van der Waals surface area contributed by atoms with Gasteiger partial charge in [0.05, 0.1) is 12.7 Å². The first-order chi connectivity index (χ1) is 25.1. The van der Waals surface area contributed by atoms with Crippen molar-refractivity contribution < 1.29 is 28.8 Å². The number of aromatic nitrogens is 1. The van der Waals surface area contributed by atoms with E-state index in [0.717, 1.165) is 74.7 Å². The molecule has 10 heteroatoms. The average molecular weight is 730 g/mol. The monoisotopic (exact) mass is 729 g/mol. The molecule has 3 heterocycles. The number of hydrogen-bond acceptors (Lipinski definition) is 8. The van der Waals surface area contributed by atoms with E-state index in [1.165, 1.54) is 35.2 Å². The SMILES string of the molecule is COC1CN(C[C@@H]2COc3cc4c(cc3O2)C2(CCC(Nc3cccc(Cl)c3)(C(=O)O)CC2)[C@@H](C[C@@H](C)COc2ccnc3c2[C@H](C)CCC3)C4)C1. The molecule has 8 rings (SSSR count). The number of anilines is 1. The van der Waals surface area contributed by atoms with Crippen molar-refractivity contribution in [1.29, 1.82) is 0 Å². The molecule has 278 valence electrons. The summed E-state index contributed by atoms with van der Waals surface area (Å²) in [5.41, 5.74) is 4.54. The zero-order valence-corrected chi connectivity index (χ0v) is 31.4. The van der Waals surface area contributed by atoms with Crippen molar-refractivity contribution in [1.82, 2.24) is 9.88 Å². The van der Waals surface area contributed by atoms with Crippen LogP contribution in [0.1, 0.15) is 87.1 Å². The van der Waals surface area contributed by atoms with Crippen LogP contribution in [0.25, 0.3) is 0 Å². The van der Waals surface area contributed by atoms with Crippen LogP contribution in [0.15, 0.2) is 48.7 Å². The highest BCUT2D eigenvalue weighted by molar-refractivity contribution is 6.30. The number of carboxylic acids is 1. The van der Waals surface area contributed by atoms with Gasteiger partial charge >= 0.3 is 5.97 Å². The summed E-state index contributed by atoms with van der Waals surface area (Å²) in [7, 11) is 1.77. The maximum absolute atomic E-state index is 13.0. The minimum atomic E-state index is -1.08. The number of hydrogen-bond donors (Lipinski definition) is 2. The minimum Gasteiger partial charge on any atom is -0.493 e. The smallest absolute Gasteiger partial charge is 0.329 e. The number of aryl methyl sites for hydroxylation is 1. The van der Waals surface area contributed by atoms with Crippen molar-refractivity contribution in [3.63, 3.8) is 0 Å². The van der Waals surface area contributed by atoms with E-state index < -0.39 is 11.5 Å². The lowest BCUT2D eigenvalue weighted by Gasteiger charge is -2.47. The van der Waals surface area contributed by atoms with E-state index in [1.807, 2.05) is 36.5 Å². The molecule has 2 fully saturated rings. The third kappa shape index (κ3) is 6.73. The molecule has 2 N–H and O–H groups in total. The first kappa shape index (κ1) is 35.5. The summed E-state index contributed by atoms with van der Waals surface area (Å²) in [6.07, 6.45) is 9.91. The van der Waals surface area contributed by atoms with Gasteiger partial charge in [0.1, 0.15) is 24.0 Å². The Balaban J connectivity index is 1.04. The van der Waals surface area contributed by atoms with E-state index in [4.69, 9.17) is 30.5 Å². The number of pyridine rings is 1. The van der Waals surface area contributed by atoms with Gasteiger partial charge in [0.25, 0.3) is 0 Å². The molecule has 1 saturated carbocycles. The predicted molar refractivity (Wildman–Crippen MR) is 201 cm³/mol. The number of likely N-dealkylation sites (tertiary alicyclic amines) is 1. The molecule has 4 atom stereocenters. The molecule has 2 aliphatic heterocycles. The molecule has 52 heavy (non-hydrogen) atoms. The number of benzene rings is 2. The second-order valence-corrected chi connectivity index (χ2v) is 16.7. The number of carbonyl (C=O) groups is 1. The number of fused-ring (bicyclic) bond motifs is 4. The summed E-state index contributed by atoms with van der Waals surface area (Å²) in [5, 5.41) is 14.7. The lowest BCUT2D eigenvalue weighted by molar-refractivity contribution is -0.144. The van der Waals surface area contributed by atoms with E-state index >= 15 is 0 Å². The van der Waals surface area contributed by atoms with Crippen LogP contribution in [0.5, 0.6) is 17.2 Å². The molecular formula is C42H52ClN3O6. The molecule has 1 spiro atoms. The third-order valence-electron chi connectivity index (χ3n) is 12.8. The van der Waals surface area contributed by atoms with Crippen LogP contribution in [-0.2, 0) is 27.8 Å². The number of carboxylic acid groups (broad SMARTS) is 1. The van der Waals surface area contributed by atoms with Crippen molar-refractivity contribution in [3.8, 4) is 17.2 Å². The first-order valence-corrected chi connectivity index (χ1v) is 19.6. The Labute approximate surface area is 312 Å². The van der Waals surface area contributed by atoms with Crippen molar-refractivity contribution >= 4 is 23.3 Å². The van der Waals surface area contributed by atoms with E-state index in [2.05, 4.69) is 41.2 Å². The van der Waals surface area contributed by atoms with E-state index in [1.54, 1.807) is 7.11 Å². The highest BCUT2D eigenvalue weighted by Gasteiger charge is 2.54. The fourth-order valence-electron chi connectivity index (χ4n) is 9.91. The second-order valence-electron chi connectivity index (χ2n) is 16.3. The molecule has 5 aliphatic rings. The van der Waals surface area contributed by atoms with Crippen molar-refractivity contribution in [2.75, 3.05) is 45.3 Å². The van der Waals surface area contributed by atoms with Gasteiger partial charge < -0.3 is 29.4 Å². The van der Waals surface area contributed by atoms with Crippen LogP contribution < -0.4 is 19.5 Å². The molecule has 3 aliphatic carbocycles. The first-order valence-electron chi connectivity index (χ1n) is 19.2. The molecule has 0 amide bonds. The van der Waals surface area contributed by atoms with Crippen molar-refractivity contribution in [2.24, 2.45) is 11.8 Å². The summed E-state index contributed by atoms with van der Waals surface area (Å²) < 4.78 is 25.1. The van der Waals surface area contributed by atoms with Gasteiger partial charge in [-0.3, -0.25) is 9.88 Å². The van der Waals surface area contributed by atoms with Gasteiger partial charge in [0.15, 0.2) is 11.5 Å². The van der Waals surface area contributed by atoms with Crippen molar-refractivity contribution in [3.05, 3.63) is 76.1 Å². The maximum Gasteiger partial charge on any atom is 0.329 e. The number of halogens is 1. The summed E-state index contributed by atoms with van der Waals surface area (Å²) in [6, 6.07) is 13.9. The van der Waals surface area contributed by atoms with Crippen LogP contribution in [0.2, 0.25) is 5.02 Å². The number of nitrogens with one attached hydrogen (secondary N) is 1. The minimum absolute atomic E-state index is 0.0526. The lowest BCUT2D eigenvalue weighted by atomic mass is 9.59. The fourth-order valence-corrected chi connectivity index (χ4v) is 10.1. The second kappa shape index (κ2) is 14.4. The van der Waals surface area contributed by atoms with Gasteiger partial charge in [-0.1, -0.05) is 31.5 Å². The molecule has 1 saturated heterocycles. The normalized spacial score (nSPS) is 28.8. The molecular weight excluding hydrogens is 678 g/mol. The molecule has 0 radical (unpaired) electrons. The third-order valence-corrected chi connectivity index (χ3v) is 13.0. The summed E-state index contributed by atoms with van der Waals surface area (Å²) in [6.45, 7) is 8.37. The van der Waals surface area contributed by atoms with Crippen LogP contribution in [0.3, 0.4) is 0 Å². The average Bonchev–Trinajstić information content (AvgIpc) is 3.39. The molecule has 0 bridgehead atoms. The molecule has 0 unspecified atom stereocenters. The van der Waals surface area contributed by atoms with Gasteiger partial charge in [0, 0.05) is 54.9 Å². The van der Waals surface area contributed by atoms with Crippen LogP contribution >= 0.6 is 11.6 Å². The Morgan fingerprint density at radius 3 is 2.75 bits per heavy atom. The van der Waals surface area contributed by atoms with E-state index in [-0.39, 0.29) is 11.5 Å². The Hall–Kier alpha value is -3.53. The predicted octanol–water partition coefficient (Wildman–Crippen LogP) is 7.67. The van der Waals surface area contributed by atoms with Gasteiger partial charge in [-0.2, -0.15) is 0 Å². The summed E-state index contributed by atoms with van der Waals surface area (Å²) in [4.78, 5) is 20.1. The Morgan fingerprint density at radius 2 is 1.98 bits per heavy atom.